The number of carboxylic acids is 1. The summed E-state index contributed by atoms with van der Waals surface area (Å²) in [6.45, 7) is 0. The monoisotopic (exact) mass is 160 g/mol. The maximum absolute atomic E-state index is 10.1. The molecule has 5 nitrogen and oxygen atoms in total. The second-order valence-corrected chi connectivity index (χ2v) is 2.16. The van der Waals surface area contributed by atoms with E-state index in [-0.39, 0.29) is 5.89 Å². The molecule has 0 saturated carbocycles. The Morgan fingerprint density at radius 1 is 1.80 bits per heavy atom. The van der Waals surface area contributed by atoms with Crippen molar-refractivity contribution < 1.29 is 14.4 Å². The first kappa shape index (κ1) is 7.07. The molecule has 0 spiro atoms. The van der Waals surface area contributed by atoms with Crippen LogP contribution < -0.4 is 0 Å². The molecule has 1 N–H and O–H groups in total. The van der Waals surface area contributed by atoms with E-state index in [0.29, 0.717) is 5.16 Å². The lowest BCUT2D eigenvalue weighted by Crippen LogP contribution is -1.95. The van der Waals surface area contributed by atoms with Crippen molar-refractivity contribution in [2.75, 3.05) is 6.26 Å². The van der Waals surface area contributed by atoms with Crippen LogP contribution in [-0.2, 0) is 0 Å². The summed E-state index contributed by atoms with van der Waals surface area (Å²) in [6, 6.07) is 0. The molecule has 6 heteroatoms. The highest BCUT2D eigenvalue weighted by atomic mass is 32.2. The zero-order chi connectivity index (χ0) is 7.56. The van der Waals surface area contributed by atoms with E-state index in [0.717, 1.165) is 0 Å². The minimum absolute atomic E-state index is 0.331. The van der Waals surface area contributed by atoms with Gasteiger partial charge < -0.3 is 9.63 Å². The Balaban J connectivity index is 2.88. The number of thioether (sulfide) groups is 1. The predicted molar refractivity (Wildman–Crippen MR) is 33.0 cm³/mol. The van der Waals surface area contributed by atoms with E-state index >= 15 is 0 Å². The minimum Gasteiger partial charge on any atom is -0.474 e. The number of hydrogen-bond acceptors (Lipinski definition) is 5. The summed E-state index contributed by atoms with van der Waals surface area (Å²) in [5.41, 5.74) is 0. The van der Waals surface area contributed by atoms with E-state index in [1.807, 2.05) is 0 Å². The molecule has 0 radical (unpaired) electrons. The van der Waals surface area contributed by atoms with Gasteiger partial charge in [0.05, 0.1) is 0 Å². The fourth-order valence-corrected chi connectivity index (χ4v) is 0.666. The largest absolute Gasteiger partial charge is 0.474 e. The van der Waals surface area contributed by atoms with Crippen LogP contribution in [0.25, 0.3) is 0 Å². The van der Waals surface area contributed by atoms with Crippen molar-refractivity contribution >= 4 is 17.7 Å². The Bertz CT molecular complexity index is 246. The van der Waals surface area contributed by atoms with Crippen LogP contribution in [0, 0.1) is 0 Å². The van der Waals surface area contributed by atoms with E-state index in [1.165, 1.54) is 11.8 Å². The molecule has 1 aromatic heterocycles. The van der Waals surface area contributed by atoms with E-state index in [2.05, 4.69) is 14.7 Å². The first-order valence-corrected chi connectivity index (χ1v) is 3.57. The van der Waals surface area contributed by atoms with E-state index in [1.54, 1.807) is 6.26 Å². The highest BCUT2D eigenvalue weighted by Crippen LogP contribution is 2.08. The summed E-state index contributed by atoms with van der Waals surface area (Å²) in [4.78, 5) is 13.6. The van der Waals surface area contributed by atoms with Crippen molar-refractivity contribution in [3.63, 3.8) is 0 Å². The molecule has 0 bridgehead atoms. The Hall–Kier alpha value is -1.04. The van der Waals surface area contributed by atoms with Crippen molar-refractivity contribution in [3.8, 4) is 0 Å². The Morgan fingerprint density at radius 2 is 2.50 bits per heavy atom. The minimum atomic E-state index is -1.20. The van der Waals surface area contributed by atoms with Crippen molar-refractivity contribution in [3.05, 3.63) is 5.89 Å². The van der Waals surface area contributed by atoms with Crippen LogP contribution in [0.5, 0.6) is 0 Å². The van der Waals surface area contributed by atoms with E-state index < -0.39 is 5.97 Å². The second-order valence-electron chi connectivity index (χ2n) is 1.39. The van der Waals surface area contributed by atoms with Crippen LogP contribution in [0.4, 0.5) is 0 Å². The molecule has 10 heavy (non-hydrogen) atoms. The van der Waals surface area contributed by atoms with Gasteiger partial charge in [-0.1, -0.05) is 11.8 Å². The summed E-state index contributed by atoms with van der Waals surface area (Å²) in [6.07, 6.45) is 1.73. The van der Waals surface area contributed by atoms with Gasteiger partial charge in [-0.3, -0.25) is 0 Å². The number of carbonyl (C=O) groups is 1. The van der Waals surface area contributed by atoms with Gasteiger partial charge >= 0.3 is 11.9 Å². The van der Waals surface area contributed by atoms with E-state index in [4.69, 9.17) is 5.11 Å². The first-order chi connectivity index (χ1) is 4.74. The molecule has 0 amide bonds. The Morgan fingerprint density at radius 3 is 2.80 bits per heavy atom. The zero-order valence-corrected chi connectivity index (χ0v) is 5.88. The van der Waals surface area contributed by atoms with Gasteiger partial charge in [-0.25, -0.2) is 4.79 Å². The average molecular weight is 160 g/mol. The summed E-state index contributed by atoms with van der Waals surface area (Å²) in [7, 11) is 0. The van der Waals surface area contributed by atoms with Gasteiger partial charge in [-0.05, 0) is 11.4 Å². The van der Waals surface area contributed by atoms with Gasteiger partial charge in [-0.15, -0.1) is 0 Å². The van der Waals surface area contributed by atoms with Crippen LogP contribution in [0.1, 0.15) is 10.7 Å². The molecular weight excluding hydrogens is 156 g/mol. The molecule has 0 aliphatic rings. The Labute approximate surface area is 60.4 Å². The molecule has 54 valence electrons. The maximum Gasteiger partial charge on any atom is 0.394 e. The van der Waals surface area contributed by atoms with E-state index in [9.17, 15) is 4.79 Å². The summed E-state index contributed by atoms with van der Waals surface area (Å²) >= 11 is 1.23. The molecule has 0 aromatic carbocycles. The smallest absolute Gasteiger partial charge is 0.394 e. The highest BCUT2D eigenvalue weighted by Gasteiger charge is 2.11. The predicted octanol–water partition coefficient (Wildman–Crippen LogP) is 0.490. The number of hydrogen-bond donors (Lipinski definition) is 1. The van der Waals surface area contributed by atoms with Gasteiger partial charge in [0, 0.05) is 0 Å². The lowest BCUT2D eigenvalue weighted by Gasteiger charge is -1.76. The van der Waals surface area contributed by atoms with Crippen LogP contribution in [0.2, 0.25) is 0 Å². The third-order valence-electron chi connectivity index (χ3n) is 0.773. The van der Waals surface area contributed by atoms with Crippen molar-refractivity contribution in [1.82, 2.24) is 10.1 Å². The summed E-state index contributed by atoms with van der Waals surface area (Å²) < 4.78 is 4.34. The fraction of sp³-hybridized carbons (Fsp3) is 0.250. The van der Waals surface area contributed by atoms with Gasteiger partial charge in [0.2, 0.25) is 5.16 Å². The Kier molecular flexibility index (Phi) is 1.91. The van der Waals surface area contributed by atoms with Crippen LogP contribution in [-0.4, -0.2) is 27.5 Å². The summed E-state index contributed by atoms with van der Waals surface area (Å²) in [5, 5.41) is 12.0. The number of aromatic carboxylic acids is 1. The zero-order valence-electron chi connectivity index (χ0n) is 5.07. The quantitative estimate of drug-likeness (QED) is 0.634. The lowest BCUT2D eigenvalue weighted by atomic mass is 10.7. The molecule has 0 aliphatic heterocycles. The molecule has 1 rings (SSSR count). The first-order valence-electron chi connectivity index (χ1n) is 2.35. The molecule has 1 aromatic rings. The van der Waals surface area contributed by atoms with Gasteiger partial charge in [-0.2, -0.15) is 4.98 Å². The molecule has 0 atom stereocenters. The van der Waals surface area contributed by atoms with Gasteiger partial charge in [0.15, 0.2) is 0 Å². The SMILES string of the molecule is CSc1noc(C(=O)O)n1. The van der Waals surface area contributed by atoms with Crippen molar-refractivity contribution in [1.29, 1.82) is 0 Å². The lowest BCUT2D eigenvalue weighted by molar-refractivity contribution is 0.0643. The third-order valence-corrected chi connectivity index (χ3v) is 1.30. The van der Waals surface area contributed by atoms with Crippen molar-refractivity contribution in [2.24, 2.45) is 0 Å². The number of nitrogens with zero attached hydrogens (tertiary/aromatic N) is 2. The van der Waals surface area contributed by atoms with Gasteiger partial charge in [0.1, 0.15) is 0 Å². The molecule has 0 unspecified atom stereocenters. The van der Waals surface area contributed by atoms with Crippen LogP contribution >= 0.6 is 11.8 Å². The number of carboxylic acid groups (broad SMARTS) is 1. The third kappa shape index (κ3) is 1.27. The van der Waals surface area contributed by atoms with Crippen molar-refractivity contribution in [2.45, 2.75) is 5.16 Å². The topological polar surface area (TPSA) is 76.2 Å². The second kappa shape index (κ2) is 2.70. The maximum atomic E-state index is 10.1. The van der Waals surface area contributed by atoms with Gasteiger partial charge in [0.25, 0.3) is 0 Å². The average Bonchev–Trinajstić information content (AvgIpc) is 2.34. The number of rotatable bonds is 2. The summed E-state index contributed by atoms with van der Waals surface area (Å²) in [5.74, 6) is -1.57. The van der Waals surface area contributed by atoms with Crippen LogP contribution in [0.3, 0.4) is 0 Å². The molecule has 0 aliphatic carbocycles. The standard InChI is InChI=1S/C4H4N2O3S/c1-10-4-5-2(3(7)8)9-6-4/h1H3,(H,7,8). The molecular formula is C4H4N2O3S. The normalized spacial score (nSPS) is 9.70. The molecule has 0 fully saturated rings. The molecule has 1 heterocycles. The fourth-order valence-electron chi connectivity index (χ4n) is 0.380. The highest BCUT2D eigenvalue weighted by molar-refractivity contribution is 7.98. The molecule has 0 saturated heterocycles. The number of aromatic nitrogens is 2. The van der Waals surface area contributed by atoms with Crippen LogP contribution in [0.15, 0.2) is 9.68 Å².